The Morgan fingerprint density at radius 3 is 2.52 bits per heavy atom. The van der Waals surface area contributed by atoms with E-state index in [1.54, 1.807) is 0 Å². The van der Waals surface area contributed by atoms with Crippen molar-refractivity contribution < 1.29 is 13.2 Å². The molecule has 1 aromatic heterocycles. The summed E-state index contributed by atoms with van der Waals surface area (Å²) in [4.78, 5) is 9.07. The van der Waals surface area contributed by atoms with Crippen LogP contribution in [0.1, 0.15) is 25.6 Å². The predicted octanol–water partition coefficient (Wildman–Crippen LogP) is 1.68. The van der Waals surface area contributed by atoms with E-state index in [4.69, 9.17) is 5.84 Å². The monoisotopic (exact) mass is 304 g/mol. The van der Waals surface area contributed by atoms with Crippen molar-refractivity contribution in [2.75, 3.05) is 30.4 Å². The molecular weight excluding hydrogens is 285 g/mol. The summed E-state index contributed by atoms with van der Waals surface area (Å²) in [6.07, 6.45) is -2.21. The Morgan fingerprint density at radius 2 is 2.00 bits per heavy atom. The molecule has 0 unspecified atom stereocenters. The quantitative estimate of drug-likeness (QED) is 0.525. The van der Waals surface area contributed by atoms with Gasteiger partial charge in [-0.15, -0.1) is 0 Å². The maximum atomic E-state index is 12.7. The summed E-state index contributed by atoms with van der Waals surface area (Å²) < 4.78 is 38.0. The van der Waals surface area contributed by atoms with E-state index in [9.17, 15) is 13.2 Å². The van der Waals surface area contributed by atoms with Crippen molar-refractivity contribution in [1.29, 1.82) is 0 Å². The number of alkyl halides is 3. The van der Waals surface area contributed by atoms with Gasteiger partial charge in [0.25, 0.3) is 0 Å². The molecule has 4 N–H and O–H groups in total. The van der Waals surface area contributed by atoms with Crippen LogP contribution in [0.25, 0.3) is 0 Å². The van der Waals surface area contributed by atoms with Gasteiger partial charge in [-0.25, -0.2) is 15.8 Å². The van der Waals surface area contributed by atoms with Crippen LogP contribution in [-0.2, 0) is 6.18 Å². The summed E-state index contributed by atoms with van der Waals surface area (Å²) >= 11 is 0. The largest absolute Gasteiger partial charge is 0.451 e. The fourth-order valence-corrected chi connectivity index (χ4v) is 2.10. The smallest absolute Gasteiger partial charge is 0.369 e. The van der Waals surface area contributed by atoms with E-state index >= 15 is 0 Å². The number of aromatic nitrogens is 2. The molecule has 0 amide bonds. The average Bonchev–Trinajstić information content (AvgIpc) is 3.27. The van der Waals surface area contributed by atoms with Crippen LogP contribution in [0.5, 0.6) is 0 Å². The zero-order chi connectivity index (χ0) is 15.5. The van der Waals surface area contributed by atoms with Crippen molar-refractivity contribution in [2.45, 2.75) is 32.0 Å². The topological polar surface area (TPSA) is 79.1 Å². The standard InChI is InChI=1S/C12H19F3N6/c1-2-21(8-3-4-8)6-5-17-9-7-10(20-16)19-11(18-9)12(13,14)15/h7-8H,2-6,16H2,1H3,(H2,17,18,19,20). The Hall–Kier alpha value is -1.61. The lowest BCUT2D eigenvalue weighted by molar-refractivity contribution is -0.144. The molecule has 118 valence electrons. The molecule has 6 nitrogen and oxygen atoms in total. The Kier molecular flexibility index (Phi) is 4.84. The number of nitrogens with two attached hydrogens (primary N) is 1. The van der Waals surface area contributed by atoms with Crippen LogP contribution in [0.4, 0.5) is 24.8 Å². The summed E-state index contributed by atoms with van der Waals surface area (Å²) in [5, 5.41) is 2.89. The molecule has 1 saturated carbocycles. The first-order valence-electron chi connectivity index (χ1n) is 6.85. The molecule has 0 spiro atoms. The van der Waals surface area contributed by atoms with E-state index < -0.39 is 12.0 Å². The van der Waals surface area contributed by atoms with Crippen molar-refractivity contribution in [3.63, 3.8) is 0 Å². The van der Waals surface area contributed by atoms with Gasteiger partial charge in [-0.1, -0.05) is 6.92 Å². The van der Waals surface area contributed by atoms with Gasteiger partial charge in [0, 0.05) is 25.2 Å². The molecule has 1 fully saturated rings. The first-order valence-corrected chi connectivity index (χ1v) is 6.85. The van der Waals surface area contributed by atoms with Gasteiger partial charge in [0.1, 0.15) is 11.6 Å². The fourth-order valence-electron chi connectivity index (χ4n) is 2.10. The molecule has 0 aliphatic heterocycles. The number of nitrogens with zero attached hydrogens (tertiary/aromatic N) is 3. The third-order valence-corrected chi connectivity index (χ3v) is 3.30. The molecule has 0 bridgehead atoms. The third-order valence-electron chi connectivity index (χ3n) is 3.30. The zero-order valence-corrected chi connectivity index (χ0v) is 11.7. The second-order valence-electron chi connectivity index (χ2n) is 4.89. The molecular formula is C12H19F3N6. The summed E-state index contributed by atoms with van der Waals surface area (Å²) in [6.45, 7) is 4.28. The molecule has 0 saturated heterocycles. The van der Waals surface area contributed by atoms with Gasteiger partial charge in [0.2, 0.25) is 5.82 Å². The fraction of sp³-hybridized carbons (Fsp3) is 0.667. The summed E-state index contributed by atoms with van der Waals surface area (Å²) in [5.41, 5.74) is 2.12. The van der Waals surface area contributed by atoms with E-state index in [-0.39, 0.29) is 11.6 Å². The minimum absolute atomic E-state index is 0.0747. The van der Waals surface area contributed by atoms with Crippen LogP contribution < -0.4 is 16.6 Å². The number of hydrogen-bond acceptors (Lipinski definition) is 6. The Balaban J connectivity index is 1.98. The number of halogens is 3. The second-order valence-corrected chi connectivity index (χ2v) is 4.89. The zero-order valence-electron chi connectivity index (χ0n) is 11.7. The minimum Gasteiger partial charge on any atom is -0.369 e. The number of nitrogen functional groups attached to an aromatic ring is 1. The summed E-state index contributed by atoms with van der Waals surface area (Å²) in [7, 11) is 0. The van der Waals surface area contributed by atoms with Gasteiger partial charge >= 0.3 is 6.18 Å². The summed E-state index contributed by atoms with van der Waals surface area (Å²) in [6, 6.07) is 1.97. The van der Waals surface area contributed by atoms with Gasteiger partial charge < -0.3 is 10.7 Å². The van der Waals surface area contributed by atoms with Gasteiger partial charge in [-0.3, -0.25) is 4.90 Å². The van der Waals surface area contributed by atoms with E-state index in [0.29, 0.717) is 12.6 Å². The predicted molar refractivity (Wildman–Crippen MR) is 73.6 cm³/mol. The van der Waals surface area contributed by atoms with Crippen molar-refractivity contribution in [1.82, 2.24) is 14.9 Å². The molecule has 1 aliphatic carbocycles. The van der Waals surface area contributed by atoms with Crippen molar-refractivity contribution in [3.05, 3.63) is 11.9 Å². The van der Waals surface area contributed by atoms with Crippen LogP contribution >= 0.6 is 0 Å². The van der Waals surface area contributed by atoms with Gasteiger partial charge in [-0.2, -0.15) is 13.2 Å². The SMILES string of the molecule is CCN(CCNc1cc(NN)nc(C(F)(F)F)n1)C1CC1. The molecule has 0 atom stereocenters. The van der Waals surface area contributed by atoms with Crippen LogP contribution in [0.15, 0.2) is 6.07 Å². The Labute approximate surface area is 120 Å². The molecule has 1 aromatic rings. The third kappa shape index (κ3) is 4.43. The molecule has 2 rings (SSSR count). The van der Waals surface area contributed by atoms with Crippen LogP contribution in [0, 0.1) is 0 Å². The second kappa shape index (κ2) is 6.44. The van der Waals surface area contributed by atoms with Crippen molar-refractivity contribution >= 4 is 11.6 Å². The molecule has 0 aromatic carbocycles. The van der Waals surface area contributed by atoms with E-state index in [1.165, 1.54) is 18.9 Å². The lowest BCUT2D eigenvalue weighted by Gasteiger charge is -2.20. The van der Waals surface area contributed by atoms with E-state index in [0.717, 1.165) is 13.1 Å². The lowest BCUT2D eigenvalue weighted by Crippen LogP contribution is -2.31. The number of rotatable bonds is 7. The maximum absolute atomic E-state index is 12.7. The molecule has 1 aliphatic rings. The first kappa shape index (κ1) is 15.8. The minimum atomic E-state index is -4.60. The number of hydrazine groups is 1. The Bertz CT molecular complexity index is 475. The molecule has 0 radical (unpaired) electrons. The molecule has 9 heteroatoms. The average molecular weight is 304 g/mol. The normalized spacial score (nSPS) is 15.3. The van der Waals surface area contributed by atoms with Gasteiger partial charge in [-0.05, 0) is 19.4 Å². The van der Waals surface area contributed by atoms with Crippen molar-refractivity contribution in [3.8, 4) is 0 Å². The van der Waals surface area contributed by atoms with Crippen LogP contribution in [-0.4, -0.2) is 40.5 Å². The van der Waals surface area contributed by atoms with Gasteiger partial charge in [0.15, 0.2) is 0 Å². The van der Waals surface area contributed by atoms with Crippen molar-refractivity contribution in [2.24, 2.45) is 5.84 Å². The number of anilines is 2. The Morgan fingerprint density at radius 1 is 1.33 bits per heavy atom. The number of hydrogen-bond donors (Lipinski definition) is 3. The number of likely N-dealkylation sites (N-methyl/N-ethyl adjacent to an activating group) is 1. The highest BCUT2D eigenvalue weighted by molar-refractivity contribution is 5.47. The highest BCUT2D eigenvalue weighted by Gasteiger charge is 2.35. The summed E-state index contributed by atoms with van der Waals surface area (Å²) in [5.74, 6) is 3.95. The highest BCUT2D eigenvalue weighted by Crippen LogP contribution is 2.28. The van der Waals surface area contributed by atoms with Crippen LogP contribution in [0.2, 0.25) is 0 Å². The maximum Gasteiger partial charge on any atom is 0.451 e. The molecule has 21 heavy (non-hydrogen) atoms. The first-order chi connectivity index (χ1) is 9.94. The van der Waals surface area contributed by atoms with Gasteiger partial charge in [0.05, 0.1) is 0 Å². The van der Waals surface area contributed by atoms with E-state index in [2.05, 4.69) is 32.5 Å². The number of nitrogens with one attached hydrogen (secondary N) is 2. The lowest BCUT2D eigenvalue weighted by atomic mass is 10.4. The van der Waals surface area contributed by atoms with E-state index in [1.807, 2.05) is 0 Å². The molecule has 1 heterocycles. The highest BCUT2D eigenvalue weighted by atomic mass is 19.4. The van der Waals surface area contributed by atoms with Crippen LogP contribution in [0.3, 0.4) is 0 Å².